The highest BCUT2D eigenvalue weighted by Crippen LogP contribution is 2.32. The van der Waals surface area contributed by atoms with Crippen molar-refractivity contribution in [2.45, 2.75) is 13.8 Å². The maximum absolute atomic E-state index is 15.5. The van der Waals surface area contributed by atoms with Crippen LogP contribution in [-0.2, 0) is 0 Å². The monoisotopic (exact) mass is 391 g/mol. The van der Waals surface area contributed by atoms with Crippen molar-refractivity contribution in [2.75, 3.05) is 13.1 Å². The maximum atomic E-state index is 15.5. The van der Waals surface area contributed by atoms with Gasteiger partial charge in [-0.3, -0.25) is 9.59 Å². The van der Waals surface area contributed by atoms with Gasteiger partial charge in [-0.2, -0.15) is 0 Å². The van der Waals surface area contributed by atoms with Gasteiger partial charge >= 0.3 is 0 Å². The van der Waals surface area contributed by atoms with E-state index in [2.05, 4.69) is 0 Å². The van der Waals surface area contributed by atoms with Gasteiger partial charge in [-0.05, 0) is 38.1 Å². The second-order valence-electron chi connectivity index (χ2n) is 6.39. The average Bonchev–Trinajstić information content (AvgIpc) is 2.76. The SMILES string of the molecule is CCN(CC)C(=O)c1ccc(C(=O)c2ccccc2)c(F)c1Oc1ccccc1. The van der Waals surface area contributed by atoms with Crippen molar-refractivity contribution < 1.29 is 18.7 Å². The first-order chi connectivity index (χ1) is 14.1. The first-order valence-electron chi connectivity index (χ1n) is 9.51. The van der Waals surface area contributed by atoms with Gasteiger partial charge in [-0.25, -0.2) is 4.39 Å². The first kappa shape index (κ1) is 20.3. The molecule has 0 radical (unpaired) electrons. The zero-order chi connectivity index (χ0) is 20.8. The molecule has 0 bridgehead atoms. The van der Waals surface area contributed by atoms with Gasteiger partial charge in [0.15, 0.2) is 17.3 Å². The molecule has 5 heteroatoms. The fourth-order valence-electron chi connectivity index (χ4n) is 3.03. The molecule has 0 saturated heterocycles. The summed E-state index contributed by atoms with van der Waals surface area (Å²) in [7, 11) is 0. The van der Waals surface area contributed by atoms with E-state index in [0.717, 1.165) is 0 Å². The largest absolute Gasteiger partial charge is 0.453 e. The molecule has 0 unspecified atom stereocenters. The van der Waals surface area contributed by atoms with Crippen molar-refractivity contribution in [3.63, 3.8) is 0 Å². The van der Waals surface area contributed by atoms with Gasteiger partial charge < -0.3 is 9.64 Å². The van der Waals surface area contributed by atoms with E-state index in [1.165, 1.54) is 12.1 Å². The van der Waals surface area contributed by atoms with Crippen LogP contribution >= 0.6 is 0 Å². The fraction of sp³-hybridized carbons (Fsp3) is 0.167. The normalized spacial score (nSPS) is 10.4. The smallest absolute Gasteiger partial charge is 0.257 e. The predicted molar refractivity (Wildman–Crippen MR) is 110 cm³/mol. The van der Waals surface area contributed by atoms with Crippen LogP contribution in [0.4, 0.5) is 4.39 Å². The van der Waals surface area contributed by atoms with Gasteiger partial charge in [0, 0.05) is 18.7 Å². The summed E-state index contributed by atoms with van der Waals surface area (Å²) < 4.78 is 21.2. The van der Waals surface area contributed by atoms with Crippen LogP contribution in [0.25, 0.3) is 0 Å². The lowest BCUT2D eigenvalue weighted by molar-refractivity contribution is 0.0769. The first-order valence-corrected chi connectivity index (χ1v) is 9.51. The standard InChI is InChI=1S/C24H22FNO3/c1-3-26(4-2)24(28)20-16-15-19(22(27)17-11-7-5-8-12-17)21(25)23(20)29-18-13-9-6-10-14-18/h5-16H,3-4H2,1-2H3. The van der Waals surface area contributed by atoms with Gasteiger partial charge in [-0.15, -0.1) is 0 Å². The van der Waals surface area contributed by atoms with Crippen molar-refractivity contribution in [3.05, 3.63) is 95.3 Å². The highest BCUT2D eigenvalue weighted by atomic mass is 19.1. The summed E-state index contributed by atoms with van der Waals surface area (Å²) in [6, 6.07) is 19.9. The Bertz CT molecular complexity index is 999. The van der Waals surface area contributed by atoms with E-state index in [9.17, 15) is 9.59 Å². The topological polar surface area (TPSA) is 46.6 Å². The lowest BCUT2D eigenvalue weighted by Crippen LogP contribution is -2.31. The van der Waals surface area contributed by atoms with Crippen LogP contribution < -0.4 is 4.74 Å². The van der Waals surface area contributed by atoms with E-state index in [-0.39, 0.29) is 22.8 Å². The van der Waals surface area contributed by atoms with E-state index >= 15 is 4.39 Å². The molecule has 0 aliphatic heterocycles. The van der Waals surface area contributed by atoms with Gasteiger partial charge in [0.25, 0.3) is 5.91 Å². The van der Waals surface area contributed by atoms with Crippen LogP contribution in [0, 0.1) is 5.82 Å². The molecule has 3 rings (SSSR count). The lowest BCUT2D eigenvalue weighted by atomic mass is 10.00. The Balaban J connectivity index is 2.11. The molecule has 3 aromatic carbocycles. The van der Waals surface area contributed by atoms with Crippen molar-refractivity contribution in [3.8, 4) is 11.5 Å². The number of hydrogen-bond acceptors (Lipinski definition) is 3. The Morgan fingerprint density at radius 2 is 1.38 bits per heavy atom. The molecule has 0 saturated carbocycles. The molecule has 0 aromatic heterocycles. The Hall–Kier alpha value is -3.47. The average molecular weight is 391 g/mol. The van der Waals surface area contributed by atoms with Gasteiger partial charge in [0.05, 0.1) is 11.1 Å². The minimum atomic E-state index is -0.847. The summed E-state index contributed by atoms with van der Waals surface area (Å²) in [5, 5.41) is 0. The molecule has 29 heavy (non-hydrogen) atoms. The number of para-hydroxylation sites is 1. The number of ketones is 1. The Morgan fingerprint density at radius 1 is 0.828 bits per heavy atom. The molecular formula is C24H22FNO3. The predicted octanol–water partition coefficient (Wildman–Crippen LogP) is 5.33. The highest BCUT2D eigenvalue weighted by Gasteiger charge is 2.26. The zero-order valence-corrected chi connectivity index (χ0v) is 16.4. The second-order valence-corrected chi connectivity index (χ2v) is 6.39. The molecule has 1 amide bonds. The van der Waals surface area contributed by atoms with Crippen molar-refractivity contribution >= 4 is 11.7 Å². The van der Waals surface area contributed by atoms with E-state index in [4.69, 9.17) is 4.74 Å². The number of rotatable bonds is 7. The zero-order valence-electron chi connectivity index (χ0n) is 16.4. The van der Waals surface area contributed by atoms with Crippen LogP contribution in [0.1, 0.15) is 40.1 Å². The minimum Gasteiger partial charge on any atom is -0.453 e. The van der Waals surface area contributed by atoms with Crippen LogP contribution in [0.3, 0.4) is 0 Å². The maximum Gasteiger partial charge on any atom is 0.257 e. The number of carbonyl (C=O) groups excluding carboxylic acids is 2. The van der Waals surface area contributed by atoms with E-state index < -0.39 is 11.6 Å². The third-order valence-corrected chi connectivity index (χ3v) is 4.62. The fourth-order valence-corrected chi connectivity index (χ4v) is 3.03. The summed E-state index contributed by atoms with van der Waals surface area (Å²) in [4.78, 5) is 27.3. The highest BCUT2D eigenvalue weighted by molar-refractivity contribution is 6.10. The molecule has 0 spiro atoms. The van der Waals surface area contributed by atoms with Gasteiger partial charge in [0.1, 0.15) is 5.75 Å². The van der Waals surface area contributed by atoms with Gasteiger partial charge in [-0.1, -0.05) is 48.5 Å². The van der Waals surface area contributed by atoms with E-state index in [0.29, 0.717) is 24.4 Å². The Labute approximate surface area is 169 Å². The molecule has 0 heterocycles. The molecule has 3 aromatic rings. The third-order valence-electron chi connectivity index (χ3n) is 4.62. The second kappa shape index (κ2) is 9.15. The molecular weight excluding hydrogens is 369 g/mol. The molecule has 0 N–H and O–H groups in total. The number of amides is 1. The van der Waals surface area contributed by atoms with Crippen molar-refractivity contribution in [1.29, 1.82) is 0 Å². The van der Waals surface area contributed by atoms with E-state index in [1.807, 2.05) is 13.8 Å². The van der Waals surface area contributed by atoms with Gasteiger partial charge in [0.2, 0.25) is 0 Å². The number of halogens is 1. The number of carbonyl (C=O) groups is 2. The van der Waals surface area contributed by atoms with E-state index in [1.54, 1.807) is 65.6 Å². The molecule has 0 fully saturated rings. The summed E-state index contributed by atoms with van der Waals surface area (Å²) in [5.41, 5.74) is 0.303. The van der Waals surface area contributed by atoms with Crippen molar-refractivity contribution in [2.24, 2.45) is 0 Å². The molecule has 0 aliphatic rings. The Morgan fingerprint density at radius 3 is 1.97 bits per heavy atom. The van der Waals surface area contributed by atoms with Crippen LogP contribution in [0.15, 0.2) is 72.8 Å². The summed E-state index contributed by atoms with van der Waals surface area (Å²) in [6.07, 6.45) is 0. The Kier molecular flexibility index (Phi) is 6.39. The summed E-state index contributed by atoms with van der Waals surface area (Å²) in [5.74, 6) is -1.53. The molecule has 0 atom stereocenters. The molecule has 0 aliphatic carbocycles. The number of hydrogen-bond donors (Lipinski definition) is 0. The number of nitrogens with zero attached hydrogens (tertiary/aromatic N) is 1. The quantitative estimate of drug-likeness (QED) is 0.511. The third kappa shape index (κ3) is 4.35. The van der Waals surface area contributed by atoms with Crippen LogP contribution in [-0.4, -0.2) is 29.7 Å². The number of benzene rings is 3. The summed E-state index contributed by atoms with van der Waals surface area (Å²) in [6.45, 7) is 4.66. The summed E-state index contributed by atoms with van der Waals surface area (Å²) >= 11 is 0. The lowest BCUT2D eigenvalue weighted by Gasteiger charge is -2.21. The van der Waals surface area contributed by atoms with Crippen molar-refractivity contribution in [1.82, 2.24) is 4.90 Å². The number of ether oxygens (including phenoxy) is 1. The molecule has 4 nitrogen and oxygen atoms in total. The van der Waals surface area contributed by atoms with Crippen LogP contribution in [0.2, 0.25) is 0 Å². The molecule has 148 valence electrons. The van der Waals surface area contributed by atoms with Crippen LogP contribution in [0.5, 0.6) is 11.5 Å². The minimum absolute atomic E-state index is 0.0830.